The largest absolute Gasteiger partial charge is 0.481 e. The zero-order valence-electron chi connectivity index (χ0n) is 11.6. The molecule has 0 aliphatic heterocycles. The third kappa shape index (κ3) is 4.70. The second-order valence-electron chi connectivity index (χ2n) is 5.27. The number of hydrogen-bond acceptors (Lipinski definition) is 2. The Morgan fingerprint density at radius 2 is 2.19 bits per heavy atom. The number of carboxylic acids is 1. The molecule has 1 amide bonds. The van der Waals surface area contributed by atoms with Crippen LogP contribution in [0.15, 0.2) is 34.8 Å². The van der Waals surface area contributed by atoms with Gasteiger partial charge in [0.25, 0.3) is 0 Å². The summed E-state index contributed by atoms with van der Waals surface area (Å²) >= 11 is 3.37. The summed E-state index contributed by atoms with van der Waals surface area (Å²) in [5.74, 6) is -1.22. The molecule has 2 unspecified atom stereocenters. The molecule has 2 atom stereocenters. The molecular formula is C16H18BrNO3. The van der Waals surface area contributed by atoms with E-state index in [1.165, 1.54) is 6.08 Å². The normalized spacial score (nSPS) is 21.6. The summed E-state index contributed by atoms with van der Waals surface area (Å²) in [6, 6.07) is 7.65. The molecule has 5 heteroatoms. The summed E-state index contributed by atoms with van der Waals surface area (Å²) < 4.78 is 0.959. The lowest BCUT2D eigenvalue weighted by Gasteiger charge is -2.15. The first-order valence-corrected chi connectivity index (χ1v) is 7.80. The van der Waals surface area contributed by atoms with Crippen molar-refractivity contribution in [2.75, 3.05) is 6.54 Å². The molecule has 0 spiro atoms. The standard InChI is InChI=1S/C16H18BrNO3/c17-13-5-1-3-11(9-13)7-8-15(19)18-10-12-4-2-6-14(12)16(20)21/h1,3,5,7-9,12,14H,2,4,6,10H2,(H,18,19)(H,20,21). The van der Waals surface area contributed by atoms with Crippen molar-refractivity contribution in [3.05, 3.63) is 40.4 Å². The number of rotatable bonds is 5. The smallest absolute Gasteiger partial charge is 0.306 e. The van der Waals surface area contributed by atoms with Crippen LogP contribution in [0.2, 0.25) is 0 Å². The molecule has 21 heavy (non-hydrogen) atoms. The van der Waals surface area contributed by atoms with E-state index in [1.54, 1.807) is 6.08 Å². The van der Waals surface area contributed by atoms with Gasteiger partial charge in [-0.05, 0) is 42.5 Å². The molecule has 1 aromatic rings. The minimum atomic E-state index is -0.753. The molecule has 0 bridgehead atoms. The van der Waals surface area contributed by atoms with E-state index in [1.807, 2.05) is 24.3 Å². The van der Waals surface area contributed by atoms with E-state index in [9.17, 15) is 9.59 Å². The van der Waals surface area contributed by atoms with Crippen LogP contribution in [0.25, 0.3) is 6.08 Å². The molecule has 0 heterocycles. The predicted octanol–water partition coefficient (Wildman–Crippen LogP) is 3.08. The quantitative estimate of drug-likeness (QED) is 0.801. The van der Waals surface area contributed by atoms with Gasteiger partial charge in [0.05, 0.1) is 5.92 Å². The number of carbonyl (C=O) groups is 2. The zero-order chi connectivity index (χ0) is 15.2. The molecule has 1 aliphatic carbocycles. The van der Waals surface area contributed by atoms with Crippen molar-refractivity contribution >= 4 is 33.9 Å². The number of amides is 1. The molecule has 2 rings (SSSR count). The first kappa shape index (κ1) is 15.8. The number of carbonyl (C=O) groups excluding carboxylic acids is 1. The zero-order valence-corrected chi connectivity index (χ0v) is 13.2. The second kappa shape index (κ2) is 7.41. The van der Waals surface area contributed by atoms with Gasteiger partial charge in [-0.15, -0.1) is 0 Å². The molecule has 1 saturated carbocycles. The van der Waals surface area contributed by atoms with E-state index < -0.39 is 5.97 Å². The van der Waals surface area contributed by atoms with Crippen LogP contribution < -0.4 is 5.32 Å². The van der Waals surface area contributed by atoms with Crippen LogP contribution in [-0.2, 0) is 9.59 Å². The van der Waals surface area contributed by atoms with Gasteiger partial charge in [0, 0.05) is 17.1 Å². The monoisotopic (exact) mass is 351 g/mol. The third-order valence-corrected chi connectivity index (χ3v) is 4.28. The maximum absolute atomic E-state index is 11.8. The van der Waals surface area contributed by atoms with Crippen LogP contribution in [-0.4, -0.2) is 23.5 Å². The van der Waals surface area contributed by atoms with E-state index in [2.05, 4.69) is 21.2 Å². The Labute approximate surface area is 132 Å². The van der Waals surface area contributed by atoms with E-state index >= 15 is 0 Å². The Balaban J connectivity index is 1.83. The Bertz CT molecular complexity index is 556. The average Bonchev–Trinajstić information content (AvgIpc) is 2.91. The topological polar surface area (TPSA) is 66.4 Å². The average molecular weight is 352 g/mol. The Hall–Kier alpha value is -1.62. The maximum atomic E-state index is 11.8. The molecule has 1 fully saturated rings. The summed E-state index contributed by atoms with van der Waals surface area (Å²) in [5, 5.41) is 11.9. The molecular weight excluding hydrogens is 334 g/mol. The number of benzene rings is 1. The minimum absolute atomic E-state index is 0.0470. The van der Waals surface area contributed by atoms with E-state index in [0.717, 1.165) is 22.9 Å². The maximum Gasteiger partial charge on any atom is 0.306 e. The van der Waals surface area contributed by atoms with Gasteiger partial charge in [-0.2, -0.15) is 0 Å². The molecule has 0 saturated heterocycles. The summed E-state index contributed by atoms with van der Waals surface area (Å²) in [6.45, 7) is 0.429. The van der Waals surface area contributed by atoms with Gasteiger partial charge in [0.2, 0.25) is 5.91 Å². The van der Waals surface area contributed by atoms with Gasteiger partial charge in [0.1, 0.15) is 0 Å². The minimum Gasteiger partial charge on any atom is -0.481 e. The van der Waals surface area contributed by atoms with Crippen molar-refractivity contribution in [1.29, 1.82) is 0 Å². The van der Waals surface area contributed by atoms with Crippen LogP contribution >= 0.6 is 15.9 Å². The highest BCUT2D eigenvalue weighted by atomic mass is 79.9. The van der Waals surface area contributed by atoms with Gasteiger partial charge in [0.15, 0.2) is 0 Å². The highest BCUT2D eigenvalue weighted by Crippen LogP contribution is 2.31. The Morgan fingerprint density at radius 3 is 2.90 bits per heavy atom. The molecule has 2 N–H and O–H groups in total. The van der Waals surface area contributed by atoms with Gasteiger partial charge in [-0.1, -0.05) is 34.5 Å². The predicted molar refractivity (Wildman–Crippen MR) is 84.7 cm³/mol. The number of carboxylic acid groups (broad SMARTS) is 1. The highest BCUT2D eigenvalue weighted by Gasteiger charge is 2.32. The van der Waals surface area contributed by atoms with Crippen molar-refractivity contribution in [2.45, 2.75) is 19.3 Å². The fourth-order valence-electron chi connectivity index (χ4n) is 2.68. The van der Waals surface area contributed by atoms with Crippen LogP contribution in [0.1, 0.15) is 24.8 Å². The Kier molecular flexibility index (Phi) is 5.56. The van der Waals surface area contributed by atoms with Gasteiger partial charge >= 0.3 is 5.97 Å². The van der Waals surface area contributed by atoms with Crippen LogP contribution in [0.3, 0.4) is 0 Å². The second-order valence-corrected chi connectivity index (χ2v) is 6.18. The number of hydrogen-bond donors (Lipinski definition) is 2. The summed E-state index contributed by atoms with van der Waals surface area (Å²) in [4.78, 5) is 22.8. The summed E-state index contributed by atoms with van der Waals surface area (Å²) in [6.07, 6.45) is 5.72. The van der Waals surface area contributed by atoms with E-state index in [4.69, 9.17) is 5.11 Å². The van der Waals surface area contributed by atoms with E-state index in [-0.39, 0.29) is 17.7 Å². The molecule has 112 valence electrons. The van der Waals surface area contributed by atoms with Gasteiger partial charge < -0.3 is 10.4 Å². The van der Waals surface area contributed by atoms with Gasteiger partial charge in [-0.3, -0.25) is 9.59 Å². The fourth-order valence-corrected chi connectivity index (χ4v) is 3.10. The lowest BCUT2D eigenvalue weighted by molar-refractivity contribution is -0.143. The SMILES string of the molecule is O=C(C=Cc1cccc(Br)c1)NCC1CCCC1C(=O)O. The number of halogens is 1. The lowest BCUT2D eigenvalue weighted by atomic mass is 9.96. The molecule has 0 aromatic heterocycles. The van der Waals surface area contributed by atoms with Gasteiger partial charge in [-0.25, -0.2) is 0 Å². The van der Waals surface area contributed by atoms with Crippen molar-refractivity contribution in [3.8, 4) is 0 Å². The summed E-state index contributed by atoms with van der Waals surface area (Å²) in [5.41, 5.74) is 0.934. The third-order valence-electron chi connectivity index (χ3n) is 3.79. The fraction of sp³-hybridized carbons (Fsp3) is 0.375. The van der Waals surface area contributed by atoms with Crippen molar-refractivity contribution in [3.63, 3.8) is 0 Å². The van der Waals surface area contributed by atoms with Crippen molar-refractivity contribution < 1.29 is 14.7 Å². The van der Waals surface area contributed by atoms with Crippen molar-refractivity contribution in [2.24, 2.45) is 11.8 Å². The number of aliphatic carboxylic acids is 1. The van der Waals surface area contributed by atoms with Crippen LogP contribution in [0.4, 0.5) is 0 Å². The highest BCUT2D eigenvalue weighted by molar-refractivity contribution is 9.10. The molecule has 1 aliphatic rings. The first-order chi connectivity index (χ1) is 10.1. The van der Waals surface area contributed by atoms with Crippen molar-refractivity contribution in [1.82, 2.24) is 5.32 Å². The first-order valence-electron chi connectivity index (χ1n) is 7.00. The molecule has 4 nitrogen and oxygen atoms in total. The molecule has 0 radical (unpaired) electrons. The number of nitrogens with one attached hydrogen (secondary N) is 1. The van der Waals surface area contributed by atoms with Crippen LogP contribution in [0.5, 0.6) is 0 Å². The van der Waals surface area contributed by atoms with E-state index in [0.29, 0.717) is 13.0 Å². The molecule has 1 aromatic carbocycles. The summed E-state index contributed by atoms with van der Waals surface area (Å²) in [7, 11) is 0. The lowest BCUT2D eigenvalue weighted by Crippen LogP contribution is -2.32. The Morgan fingerprint density at radius 1 is 1.38 bits per heavy atom. The van der Waals surface area contributed by atoms with Crippen LogP contribution in [0, 0.1) is 11.8 Å².